The van der Waals surface area contributed by atoms with Gasteiger partial charge in [0.05, 0.1) is 6.54 Å². The molecular weight excluding hydrogens is 262 g/mol. The van der Waals surface area contributed by atoms with Crippen molar-refractivity contribution in [1.29, 1.82) is 0 Å². The Morgan fingerprint density at radius 2 is 2.14 bits per heavy atom. The molecule has 3 aliphatic rings. The average Bonchev–Trinajstić information content (AvgIpc) is 3.15. The van der Waals surface area contributed by atoms with Gasteiger partial charge in [0.2, 0.25) is 5.91 Å². The molecule has 2 bridgehead atoms. The third-order valence-electron chi connectivity index (χ3n) is 6.05. The summed E-state index contributed by atoms with van der Waals surface area (Å²) in [4.78, 5) is 14.6. The zero-order chi connectivity index (χ0) is 14.8. The summed E-state index contributed by atoms with van der Waals surface area (Å²) in [6.45, 7) is 6.02. The van der Waals surface area contributed by atoms with Gasteiger partial charge in [0.25, 0.3) is 0 Å². The van der Waals surface area contributed by atoms with Crippen LogP contribution in [0.15, 0.2) is 0 Å². The lowest BCUT2D eigenvalue weighted by molar-refractivity contribution is -0.123. The molecule has 2 aliphatic carbocycles. The summed E-state index contributed by atoms with van der Waals surface area (Å²) in [6.07, 6.45) is 6.81. The lowest BCUT2D eigenvalue weighted by Crippen LogP contribution is -2.44. The van der Waals surface area contributed by atoms with Crippen LogP contribution in [0.25, 0.3) is 0 Å². The third-order valence-corrected chi connectivity index (χ3v) is 6.05. The fourth-order valence-electron chi connectivity index (χ4n) is 5.03. The maximum atomic E-state index is 12.3. The van der Waals surface area contributed by atoms with Gasteiger partial charge in [-0.15, -0.1) is 0 Å². The van der Waals surface area contributed by atoms with Crippen molar-refractivity contribution in [3.8, 4) is 0 Å². The van der Waals surface area contributed by atoms with Gasteiger partial charge in [-0.2, -0.15) is 0 Å². The summed E-state index contributed by atoms with van der Waals surface area (Å²) in [5, 5.41) is 6.53. The third kappa shape index (κ3) is 3.59. The van der Waals surface area contributed by atoms with E-state index in [1.165, 1.54) is 32.1 Å². The summed E-state index contributed by atoms with van der Waals surface area (Å²) in [7, 11) is 2.01. The van der Waals surface area contributed by atoms with Crippen LogP contribution in [0, 0.1) is 23.7 Å². The monoisotopic (exact) mass is 293 g/mol. The number of amides is 1. The molecule has 1 heterocycles. The first-order chi connectivity index (χ1) is 10.2. The maximum absolute atomic E-state index is 12.3. The number of carbonyl (C=O) groups excluding carboxylic acids is 1. The molecule has 0 radical (unpaired) electrons. The number of rotatable bonds is 6. The Kier molecular flexibility index (Phi) is 4.85. The fourth-order valence-corrected chi connectivity index (χ4v) is 5.03. The number of nitrogens with zero attached hydrogens (tertiary/aromatic N) is 1. The van der Waals surface area contributed by atoms with Crippen molar-refractivity contribution in [2.75, 3.05) is 33.2 Å². The SMILES string of the molecule is CNCC1CCN(CC(=O)NC(C)C2CC3CCC2C3)C1. The number of likely N-dealkylation sites (tertiary alicyclic amines) is 1. The van der Waals surface area contributed by atoms with Crippen LogP contribution in [0.4, 0.5) is 0 Å². The van der Waals surface area contributed by atoms with E-state index in [-0.39, 0.29) is 5.91 Å². The summed E-state index contributed by atoms with van der Waals surface area (Å²) in [5.41, 5.74) is 0. The van der Waals surface area contributed by atoms with Crippen LogP contribution in [-0.4, -0.2) is 50.1 Å². The van der Waals surface area contributed by atoms with E-state index in [0.29, 0.717) is 18.5 Å². The molecule has 120 valence electrons. The van der Waals surface area contributed by atoms with Crippen LogP contribution < -0.4 is 10.6 Å². The van der Waals surface area contributed by atoms with Crippen molar-refractivity contribution in [3.63, 3.8) is 0 Å². The Hall–Kier alpha value is -0.610. The Morgan fingerprint density at radius 3 is 2.81 bits per heavy atom. The second-order valence-electron chi connectivity index (χ2n) is 7.64. The average molecular weight is 293 g/mol. The van der Waals surface area contributed by atoms with Crippen LogP contribution >= 0.6 is 0 Å². The number of hydrogen-bond donors (Lipinski definition) is 2. The number of carbonyl (C=O) groups is 1. The molecule has 2 N–H and O–H groups in total. The topological polar surface area (TPSA) is 44.4 Å². The molecule has 3 rings (SSSR count). The van der Waals surface area contributed by atoms with E-state index in [0.717, 1.165) is 37.4 Å². The Bertz CT molecular complexity index is 373. The highest BCUT2D eigenvalue weighted by Crippen LogP contribution is 2.49. The highest BCUT2D eigenvalue weighted by molar-refractivity contribution is 5.78. The highest BCUT2D eigenvalue weighted by Gasteiger charge is 2.42. The van der Waals surface area contributed by atoms with Crippen molar-refractivity contribution >= 4 is 5.91 Å². The largest absolute Gasteiger partial charge is 0.352 e. The molecule has 2 saturated carbocycles. The first-order valence-electron chi connectivity index (χ1n) is 8.82. The first-order valence-corrected chi connectivity index (χ1v) is 8.82. The Morgan fingerprint density at radius 1 is 1.29 bits per heavy atom. The second-order valence-corrected chi connectivity index (χ2v) is 7.64. The molecule has 1 aliphatic heterocycles. The summed E-state index contributed by atoms with van der Waals surface area (Å²) >= 11 is 0. The van der Waals surface area contributed by atoms with E-state index < -0.39 is 0 Å². The van der Waals surface area contributed by atoms with Crippen molar-refractivity contribution in [1.82, 2.24) is 15.5 Å². The molecule has 0 aromatic heterocycles. The zero-order valence-electron chi connectivity index (χ0n) is 13.6. The fraction of sp³-hybridized carbons (Fsp3) is 0.941. The van der Waals surface area contributed by atoms with Crippen LogP contribution in [-0.2, 0) is 4.79 Å². The van der Waals surface area contributed by atoms with Gasteiger partial charge >= 0.3 is 0 Å². The van der Waals surface area contributed by atoms with Crippen molar-refractivity contribution in [2.45, 2.75) is 45.1 Å². The van der Waals surface area contributed by atoms with E-state index in [1.54, 1.807) is 0 Å². The highest BCUT2D eigenvalue weighted by atomic mass is 16.2. The molecule has 5 atom stereocenters. The Labute approximate surface area is 129 Å². The van der Waals surface area contributed by atoms with Crippen LogP contribution in [0.1, 0.15) is 39.0 Å². The minimum absolute atomic E-state index is 0.232. The minimum atomic E-state index is 0.232. The normalized spacial score (nSPS) is 37.0. The summed E-state index contributed by atoms with van der Waals surface area (Å²) < 4.78 is 0. The second kappa shape index (κ2) is 6.66. The van der Waals surface area contributed by atoms with Crippen LogP contribution in [0.3, 0.4) is 0 Å². The minimum Gasteiger partial charge on any atom is -0.352 e. The zero-order valence-corrected chi connectivity index (χ0v) is 13.6. The maximum Gasteiger partial charge on any atom is 0.234 e. The standard InChI is InChI=1S/C17H31N3O/c1-12(16-8-13-3-4-15(16)7-13)19-17(21)11-20-6-5-14(10-20)9-18-2/h12-16,18H,3-11H2,1-2H3,(H,19,21). The van der Waals surface area contributed by atoms with E-state index >= 15 is 0 Å². The molecule has 0 aromatic rings. The molecule has 21 heavy (non-hydrogen) atoms. The predicted molar refractivity (Wildman–Crippen MR) is 85.0 cm³/mol. The van der Waals surface area contributed by atoms with E-state index in [1.807, 2.05) is 7.05 Å². The van der Waals surface area contributed by atoms with Gasteiger partial charge in [-0.05, 0) is 76.4 Å². The lowest BCUT2D eigenvalue weighted by atomic mass is 9.84. The van der Waals surface area contributed by atoms with Gasteiger partial charge in [-0.25, -0.2) is 0 Å². The predicted octanol–water partition coefficient (Wildman–Crippen LogP) is 1.47. The van der Waals surface area contributed by atoms with Gasteiger partial charge in [-0.1, -0.05) is 6.42 Å². The quantitative estimate of drug-likeness (QED) is 0.779. The molecular formula is C17H31N3O. The summed E-state index contributed by atoms with van der Waals surface area (Å²) in [6, 6.07) is 0.364. The van der Waals surface area contributed by atoms with E-state index in [9.17, 15) is 4.79 Å². The van der Waals surface area contributed by atoms with Gasteiger partial charge in [0.1, 0.15) is 0 Å². The first kappa shape index (κ1) is 15.3. The Balaban J connectivity index is 1.40. The lowest BCUT2D eigenvalue weighted by Gasteiger charge is -2.29. The number of fused-ring (bicyclic) bond motifs is 2. The summed E-state index contributed by atoms with van der Waals surface area (Å²) in [5.74, 6) is 3.53. The molecule has 3 fully saturated rings. The van der Waals surface area contributed by atoms with Gasteiger partial charge in [-0.3, -0.25) is 9.69 Å². The molecule has 0 aromatic carbocycles. The van der Waals surface area contributed by atoms with E-state index in [2.05, 4.69) is 22.5 Å². The molecule has 4 nitrogen and oxygen atoms in total. The van der Waals surface area contributed by atoms with Gasteiger partial charge < -0.3 is 10.6 Å². The number of hydrogen-bond acceptors (Lipinski definition) is 3. The van der Waals surface area contributed by atoms with Crippen molar-refractivity contribution < 1.29 is 4.79 Å². The van der Waals surface area contributed by atoms with Gasteiger partial charge in [0, 0.05) is 12.6 Å². The number of nitrogens with one attached hydrogen (secondary N) is 2. The molecule has 4 heteroatoms. The molecule has 1 amide bonds. The van der Waals surface area contributed by atoms with Gasteiger partial charge in [0.15, 0.2) is 0 Å². The molecule has 0 spiro atoms. The molecule has 5 unspecified atom stereocenters. The van der Waals surface area contributed by atoms with Crippen LogP contribution in [0.5, 0.6) is 0 Å². The molecule has 1 saturated heterocycles. The van der Waals surface area contributed by atoms with E-state index in [4.69, 9.17) is 0 Å². The van der Waals surface area contributed by atoms with Crippen LogP contribution in [0.2, 0.25) is 0 Å². The van der Waals surface area contributed by atoms with Crippen molar-refractivity contribution in [2.24, 2.45) is 23.7 Å². The van der Waals surface area contributed by atoms with Crippen molar-refractivity contribution in [3.05, 3.63) is 0 Å². The smallest absolute Gasteiger partial charge is 0.234 e.